The fourth-order valence-corrected chi connectivity index (χ4v) is 2.71. The van der Waals surface area contributed by atoms with Crippen molar-refractivity contribution in [1.29, 1.82) is 0 Å². The van der Waals surface area contributed by atoms with Gasteiger partial charge in [0.15, 0.2) is 17.2 Å². The van der Waals surface area contributed by atoms with Gasteiger partial charge in [-0.2, -0.15) is 0 Å². The highest BCUT2D eigenvalue weighted by atomic mass is 19.1. The molecule has 0 saturated heterocycles. The van der Waals surface area contributed by atoms with Gasteiger partial charge >= 0.3 is 0 Å². The van der Waals surface area contributed by atoms with Gasteiger partial charge in [0.1, 0.15) is 0 Å². The van der Waals surface area contributed by atoms with Crippen LogP contribution in [0.15, 0.2) is 28.7 Å². The number of carbonyl (C=O) groups excluding carboxylic acids is 1. The first-order valence-corrected chi connectivity index (χ1v) is 6.48. The number of rotatable bonds is 2. The van der Waals surface area contributed by atoms with Gasteiger partial charge in [0.25, 0.3) is 0 Å². The molecule has 0 bridgehead atoms. The van der Waals surface area contributed by atoms with Gasteiger partial charge in [-0.05, 0) is 25.0 Å². The third-order valence-corrected chi connectivity index (χ3v) is 3.71. The molecule has 1 aromatic heterocycles. The Hall–Kier alpha value is -1.64. The van der Waals surface area contributed by atoms with Crippen LogP contribution in [0.5, 0.6) is 0 Å². The standard InChI is InChI=1S/C15H15FO2/c16-12-8-4-7-11-9-13(18-15(11)12)14(17)10-5-2-1-3-6-10/h4,7-10H,1-3,5-6H2. The number of hydrogen-bond donors (Lipinski definition) is 0. The smallest absolute Gasteiger partial charge is 0.201 e. The van der Waals surface area contributed by atoms with Crippen molar-refractivity contribution in [1.82, 2.24) is 0 Å². The molecule has 0 atom stereocenters. The molecule has 0 N–H and O–H groups in total. The normalized spacial score (nSPS) is 17.2. The van der Waals surface area contributed by atoms with E-state index in [0.717, 1.165) is 25.7 Å². The molecule has 2 nitrogen and oxygen atoms in total. The van der Waals surface area contributed by atoms with Crippen LogP contribution < -0.4 is 0 Å². The van der Waals surface area contributed by atoms with E-state index in [1.54, 1.807) is 18.2 Å². The number of ketones is 1. The molecule has 3 rings (SSSR count). The monoisotopic (exact) mass is 246 g/mol. The van der Waals surface area contributed by atoms with Crippen LogP contribution in [-0.4, -0.2) is 5.78 Å². The minimum Gasteiger partial charge on any atom is -0.450 e. The number of furan rings is 1. The maximum Gasteiger partial charge on any atom is 0.201 e. The molecular weight excluding hydrogens is 231 g/mol. The van der Waals surface area contributed by atoms with Crippen LogP contribution in [0, 0.1) is 11.7 Å². The maximum atomic E-state index is 13.5. The van der Waals surface area contributed by atoms with E-state index in [1.807, 2.05) is 0 Å². The van der Waals surface area contributed by atoms with Gasteiger partial charge in [0.2, 0.25) is 5.78 Å². The predicted molar refractivity (Wildman–Crippen MR) is 67.1 cm³/mol. The lowest BCUT2D eigenvalue weighted by molar-refractivity contribution is 0.0862. The molecule has 1 aromatic carbocycles. The molecule has 0 aliphatic heterocycles. The van der Waals surface area contributed by atoms with Gasteiger partial charge in [-0.3, -0.25) is 4.79 Å². The van der Waals surface area contributed by atoms with Crippen molar-refractivity contribution in [2.45, 2.75) is 32.1 Å². The third kappa shape index (κ3) is 1.94. The molecule has 1 fully saturated rings. The van der Waals surface area contributed by atoms with Crippen LogP contribution in [0.4, 0.5) is 4.39 Å². The Morgan fingerprint density at radius 3 is 2.72 bits per heavy atom. The SMILES string of the molecule is O=C(c1cc2cccc(F)c2o1)C1CCCCC1. The highest BCUT2D eigenvalue weighted by Crippen LogP contribution is 2.29. The zero-order valence-electron chi connectivity index (χ0n) is 10.1. The molecule has 94 valence electrons. The van der Waals surface area contributed by atoms with Crippen molar-refractivity contribution in [3.8, 4) is 0 Å². The molecule has 0 amide bonds. The van der Waals surface area contributed by atoms with Crippen molar-refractivity contribution in [2.24, 2.45) is 5.92 Å². The second-order valence-corrected chi connectivity index (χ2v) is 4.97. The van der Waals surface area contributed by atoms with E-state index in [1.165, 1.54) is 12.5 Å². The minimum atomic E-state index is -0.407. The van der Waals surface area contributed by atoms with E-state index in [0.29, 0.717) is 11.1 Å². The number of halogens is 1. The van der Waals surface area contributed by atoms with E-state index in [9.17, 15) is 9.18 Å². The summed E-state index contributed by atoms with van der Waals surface area (Å²) in [5.74, 6) is -0.00938. The molecule has 1 aliphatic carbocycles. The molecule has 1 aliphatic rings. The molecule has 0 unspecified atom stereocenters. The molecule has 1 saturated carbocycles. The number of Topliss-reactive ketones (excluding diaryl/α,β-unsaturated/α-hetero) is 1. The summed E-state index contributed by atoms with van der Waals surface area (Å²) >= 11 is 0. The highest BCUT2D eigenvalue weighted by Gasteiger charge is 2.25. The van der Waals surface area contributed by atoms with Crippen LogP contribution >= 0.6 is 0 Å². The Bertz CT molecular complexity index is 579. The van der Waals surface area contributed by atoms with Gasteiger partial charge in [-0.15, -0.1) is 0 Å². The minimum absolute atomic E-state index is 0.0327. The summed E-state index contributed by atoms with van der Waals surface area (Å²) < 4.78 is 18.9. The van der Waals surface area contributed by atoms with Crippen LogP contribution in [-0.2, 0) is 0 Å². The molecular formula is C15H15FO2. The molecule has 18 heavy (non-hydrogen) atoms. The Kier molecular flexibility index (Phi) is 2.90. The van der Waals surface area contributed by atoms with Crippen LogP contribution in [0.1, 0.15) is 42.7 Å². The van der Waals surface area contributed by atoms with E-state index >= 15 is 0 Å². The maximum absolute atomic E-state index is 13.5. The molecule has 2 aromatic rings. The van der Waals surface area contributed by atoms with E-state index in [2.05, 4.69) is 0 Å². The first-order valence-electron chi connectivity index (χ1n) is 6.48. The summed E-state index contributed by atoms with van der Waals surface area (Å²) in [6.45, 7) is 0. The number of fused-ring (bicyclic) bond motifs is 1. The summed E-state index contributed by atoms with van der Waals surface area (Å²) in [4.78, 5) is 12.3. The average molecular weight is 246 g/mol. The summed E-state index contributed by atoms with van der Waals surface area (Å²) in [5.41, 5.74) is 0.191. The molecule has 1 heterocycles. The third-order valence-electron chi connectivity index (χ3n) is 3.71. The van der Waals surface area contributed by atoms with Gasteiger partial charge in [0.05, 0.1) is 0 Å². The summed E-state index contributed by atoms with van der Waals surface area (Å²) in [5, 5.41) is 0.661. The number of hydrogen-bond acceptors (Lipinski definition) is 2. The average Bonchev–Trinajstić information content (AvgIpc) is 2.84. The lowest BCUT2D eigenvalue weighted by Gasteiger charge is -2.18. The van der Waals surface area contributed by atoms with Gasteiger partial charge in [-0.25, -0.2) is 4.39 Å². The summed E-state index contributed by atoms with van der Waals surface area (Å²) in [6.07, 6.45) is 5.27. The first kappa shape index (κ1) is 11.5. The van der Waals surface area contributed by atoms with Crippen LogP contribution in [0.3, 0.4) is 0 Å². The largest absolute Gasteiger partial charge is 0.450 e. The van der Waals surface area contributed by atoms with E-state index in [4.69, 9.17) is 4.42 Å². The van der Waals surface area contributed by atoms with Gasteiger partial charge in [-0.1, -0.05) is 31.4 Å². The topological polar surface area (TPSA) is 30.2 Å². The van der Waals surface area contributed by atoms with Crippen molar-refractivity contribution in [3.05, 3.63) is 35.8 Å². The van der Waals surface area contributed by atoms with Crippen molar-refractivity contribution < 1.29 is 13.6 Å². The Labute approximate surface area is 105 Å². The fraction of sp³-hybridized carbons (Fsp3) is 0.400. The lowest BCUT2D eigenvalue weighted by Crippen LogP contribution is -2.17. The lowest BCUT2D eigenvalue weighted by atomic mass is 9.85. The zero-order chi connectivity index (χ0) is 12.5. The van der Waals surface area contributed by atoms with Crippen LogP contribution in [0.25, 0.3) is 11.0 Å². The zero-order valence-corrected chi connectivity index (χ0v) is 10.1. The summed E-state index contributed by atoms with van der Waals surface area (Å²) in [7, 11) is 0. The van der Waals surface area contributed by atoms with E-state index < -0.39 is 5.82 Å². The van der Waals surface area contributed by atoms with Gasteiger partial charge in [0, 0.05) is 11.3 Å². The second-order valence-electron chi connectivity index (χ2n) is 4.97. The Morgan fingerprint density at radius 2 is 2.00 bits per heavy atom. The Balaban J connectivity index is 1.94. The van der Waals surface area contributed by atoms with E-state index in [-0.39, 0.29) is 17.3 Å². The Morgan fingerprint density at radius 1 is 1.22 bits per heavy atom. The quantitative estimate of drug-likeness (QED) is 0.738. The van der Waals surface area contributed by atoms with Crippen molar-refractivity contribution in [3.63, 3.8) is 0 Å². The second kappa shape index (κ2) is 4.56. The predicted octanol–water partition coefficient (Wildman–Crippen LogP) is 4.33. The molecule has 0 spiro atoms. The van der Waals surface area contributed by atoms with Gasteiger partial charge < -0.3 is 4.42 Å². The highest BCUT2D eigenvalue weighted by molar-refractivity contribution is 5.99. The summed E-state index contributed by atoms with van der Waals surface area (Å²) in [6, 6.07) is 6.40. The van der Waals surface area contributed by atoms with Crippen LogP contribution in [0.2, 0.25) is 0 Å². The van der Waals surface area contributed by atoms with Crippen molar-refractivity contribution in [2.75, 3.05) is 0 Å². The molecule has 0 radical (unpaired) electrons. The fourth-order valence-electron chi connectivity index (χ4n) is 2.71. The number of para-hydroxylation sites is 1. The van der Waals surface area contributed by atoms with Crippen molar-refractivity contribution >= 4 is 16.8 Å². The number of benzene rings is 1. The number of carbonyl (C=O) groups is 1. The molecule has 3 heteroatoms. The first-order chi connectivity index (χ1) is 8.75.